The van der Waals surface area contributed by atoms with Crippen LogP contribution in [-0.2, 0) is 11.3 Å². The van der Waals surface area contributed by atoms with Crippen molar-refractivity contribution < 1.29 is 14.1 Å². The second-order valence-electron chi connectivity index (χ2n) is 4.67. The molecule has 1 aromatic carbocycles. The van der Waals surface area contributed by atoms with E-state index in [1.54, 1.807) is 37.3 Å². The van der Waals surface area contributed by atoms with Crippen LogP contribution in [0.1, 0.15) is 21.8 Å². The van der Waals surface area contributed by atoms with Gasteiger partial charge in [0, 0.05) is 16.6 Å². The highest BCUT2D eigenvalue weighted by atomic mass is 79.9. The van der Waals surface area contributed by atoms with Crippen LogP contribution in [0, 0.1) is 6.92 Å². The number of nitrogens with zero attached hydrogens (tertiary/aromatic N) is 2. The molecule has 0 saturated heterocycles. The van der Waals surface area contributed by atoms with Gasteiger partial charge in [-0.1, -0.05) is 15.9 Å². The molecule has 3 aromatic rings. The summed E-state index contributed by atoms with van der Waals surface area (Å²) in [4.78, 5) is 28.0. The number of halogens is 1. The first-order chi connectivity index (χ1) is 10.5. The van der Waals surface area contributed by atoms with Crippen molar-refractivity contribution in [3.05, 3.63) is 68.2 Å². The highest BCUT2D eigenvalue weighted by molar-refractivity contribution is 9.10. The Labute approximate surface area is 133 Å². The number of carbonyl (C=O) groups excluding carboxylic acids is 1. The fraction of sp³-hybridized carbons (Fsp3) is 0.133. The van der Waals surface area contributed by atoms with Crippen LogP contribution < -0.4 is 5.56 Å². The number of benzene rings is 1. The first kappa shape index (κ1) is 14.5. The zero-order valence-corrected chi connectivity index (χ0v) is 13.2. The third-order valence-electron chi connectivity index (χ3n) is 2.96. The van der Waals surface area contributed by atoms with Crippen LogP contribution in [0.5, 0.6) is 0 Å². The summed E-state index contributed by atoms with van der Waals surface area (Å²) in [5.41, 5.74) is 0.837. The van der Waals surface area contributed by atoms with Gasteiger partial charge in [-0.3, -0.25) is 4.79 Å². The molecule has 0 spiro atoms. The van der Waals surface area contributed by atoms with Crippen molar-refractivity contribution in [1.29, 1.82) is 0 Å². The Morgan fingerprint density at radius 3 is 2.77 bits per heavy atom. The fourth-order valence-electron chi connectivity index (χ4n) is 1.96. The standard InChI is InChI=1S/C15H11BrN2O4/c1-9-6-13-17-12(7-14(19)18(13)22-9)8-21-15(20)10-2-4-11(16)5-3-10/h2-7H,8H2,1H3. The van der Waals surface area contributed by atoms with Crippen molar-refractivity contribution in [1.82, 2.24) is 9.56 Å². The quantitative estimate of drug-likeness (QED) is 0.669. The smallest absolute Gasteiger partial charge is 0.338 e. The summed E-state index contributed by atoms with van der Waals surface area (Å²) < 4.78 is 12.3. The molecule has 0 aliphatic rings. The topological polar surface area (TPSA) is 73.8 Å². The summed E-state index contributed by atoms with van der Waals surface area (Å²) in [5, 5.41) is 0. The normalized spacial score (nSPS) is 10.8. The van der Waals surface area contributed by atoms with E-state index in [1.165, 1.54) is 6.07 Å². The predicted octanol–water partition coefficient (Wildman–Crippen LogP) is 2.72. The Morgan fingerprint density at radius 2 is 2.05 bits per heavy atom. The fourth-order valence-corrected chi connectivity index (χ4v) is 2.22. The molecule has 0 aliphatic carbocycles. The second kappa shape index (κ2) is 5.76. The first-order valence-corrected chi connectivity index (χ1v) is 7.24. The van der Waals surface area contributed by atoms with Crippen LogP contribution in [0.2, 0.25) is 0 Å². The minimum absolute atomic E-state index is 0.0785. The second-order valence-corrected chi connectivity index (χ2v) is 5.58. The average Bonchev–Trinajstić information content (AvgIpc) is 2.86. The van der Waals surface area contributed by atoms with E-state index in [9.17, 15) is 9.59 Å². The van der Waals surface area contributed by atoms with E-state index in [2.05, 4.69) is 20.9 Å². The number of aromatic nitrogens is 2. The number of aryl methyl sites for hydroxylation is 1. The Kier molecular flexibility index (Phi) is 3.81. The van der Waals surface area contributed by atoms with Crippen molar-refractivity contribution >= 4 is 27.5 Å². The minimum Gasteiger partial charge on any atom is -0.456 e. The highest BCUT2D eigenvalue weighted by Gasteiger charge is 2.10. The van der Waals surface area contributed by atoms with E-state index in [0.717, 1.165) is 9.05 Å². The molecule has 6 nitrogen and oxygen atoms in total. The van der Waals surface area contributed by atoms with E-state index >= 15 is 0 Å². The van der Waals surface area contributed by atoms with E-state index in [-0.39, 0.29) is 12.2 Å². The van der Waals surface area contributed by atoms with Crippen molar-refractivity contribution in [2.75, 3.05) is 0 Å². The third kappa shape index (κ3) is 2.94. The minimum atomic E-state index is -0.474. The summed E-state index contributed by atoms with van der Waals surface area (Å²) in [7, 11) is 0. The molecule has 0 radical (unpaired) electrons. The van der Waals surface area contributed by atoms with E-state index in [4.69, 9.17) is 9.26 Å². The van der Waals surface area contributed by atoms with Gasteiger partial charge < -0.3 is 9.26 Å². The molecule has 7 heteroatoms. The molecule has 0 bridgehead atoms. The Morgan fingerprint density at radius 1 is 1.32 bits per heavy atom. The molecule has 112 valence electrons. The van der Waals surface area contributed by atoms with Crippen LogP contribution >= 0.6 is 15.9 Å². The number of fused-ring (bicyclic) bond motifs is 1. The summed E-state index contributed by atoms with van der Waals surface area (Å²) in [6.07, 6.45) is 0. The molecule has 3 rings (SSSR count). The maximum absolute atomic E-state index is 11.9. The van der Waals surface area contributed by atoms with Crippen LogP contribution in [-0.4, -0.2) is 15.5 Å². The van der Waals surface area contributed by atoms with Gasteiger partial charge in [-0.25, -0.2) is 9.78 Å². The van der Waals surface area contributed by atoms with E-state index < -0.39 is 5.97 Å². The monoisotopic (exact) mass is 362 g/mol. The molecule has 0 saturated carbocycles. The van der Waals surface area contributed by atoms with Crippen LogP contribution in [0.15, 0.2) is 50.2 Å². The van der Waals surface area contributed by atoms with Crippen molar-refractivity contribution in [2.24, 2.45) is 0 Å². The van der Waals surface area contributed by atoms with Gasteiger partial charge in [0.15, 0.2) is 5.65 Å². The Hall–Kier alpha value is -2.41. The third-order valence-corrected chi connectivity index (χ3v) is 3.48. The van der Waals surface area contributed by atoms with E-state index in [1.807, 2.05) is 0 Å². The molecule has 2 aromatic heterocycles. The summed E-state index contributed by atoms with van der Waals surface area (Å²) in [6.45, 7) is 1.65. The molecule has 0 unspecified atom stereocenters. The van der Waals surface area contributed by atoms with Gasteiger partial charge in [0.2, 0.25) is 0 Å². The van der Waals surface area contributed by atoms with Gasteiger partial charge in [-0.15, -0.1) is 4.57 Å². The zero-order chi connectivity index (χ0) is 15.7. The largest absolute Gasteiger partial charge is 0.456 e. The number of hydrogen-bond acceptors (Lipinski definition) is 5. The molecule has 0 atom stereocenters. The van der Waals surface area contributed by atoms with Crippen LogP contribution in [0.4, 0.5) is 0 Å². The van der Waals surface area contributed by atoms with Gasteiger partial charge in [0.1, 0.15) is 12.4 Å². The lowest BCUT2D eigenvalue weighted by molar-refractivity contribution is 0.0467. The average molecular weight is 363 g/mol. The Bertz CT molecular complexity index is 896. The number of esters is 1. The number of hydrogen-bond donors (Lipinski definition) is 0. The molecule has 0 amide bonds. The van der Waals surface area contributed by atoms with Crippen molar-refractivity contribution in [3.63, 3.8) is 0 Å². The lowest BCUT2D eigenvalue weighted by Crippen LogP contribution is -2.15. The molecule has 0 N–H and O–H groups in total. The van der Waals surface area contributed by atoms with Crippen LogP contribution in [0.25, 0.3) is 5.65 Å². The lowest BCUT2D eigenvalue weighted by atomic mass is 10.2. The van der Waals surface area contributed by atoms with Gasteiger partial charge in [0.05, 0.1) is 11.3 Å². The van der Waals surface area contributed by atoms with Crippen molar-refractivity contribution in [2.45, 2.75) is 13.5 Å². The first-order valence-electron chi connectivity index (χ1n) is 6.45. The van der Waals surface area contributed by atoms with Gasteiger partial charge in [-0.05, 0) is 31.2 Å². The summed E-state index contributed by atoms with van der Waals surface area (Å²) >= 11 is 3.30. The molecule has 0 fully saturated rings. The van der Waals surface area contributed by atoms with Gasteiger partial charge in [0.25, 0.3) is 5.56 Å². The lowest BCUT2D eigenvalue weighted by Gasteiger charge is -2.04. The number of carbonyl (C=O) groups is 1. The molecule has 22 heavy (non-hydrogen) atoms. The number of ether oxygens (including phenoxy) is 1. The molecular weight excluding hydrogens is 352 g/mol. The van der Waals surface area contributed by atoms with E-state index in [0.29, 0.717) is 22.7 Å². The zero-order valence-electron chi connectivity index (χ0n) is 11.6. The summed E-state index contributed by atoms with van der Waals surface area (Å²) in [5.74, 6) is 0.103. The van der Waals surface area contributed by atoms with Crippen molar-refractivity contribution in [3.8, 4) is 0 Å². The maximum Gasteiger partial charge on any atom is 0.338 e. The SMILES string of the molecule is Cc1cc2nc(COC(=O)c3ccc(Br)cc3)cc(=O)n2o1. The molecule has 2 heterocycles. The Balaban J connectivity index is 1.77. The summed E-state index contributed by atoms with van der Waals surface area (Å²) in [6, 6.07) is 9.73. The highest BCUT2D eigenvalue weighted by Crippen LogP contribution is 2.12. The molecule has 0 aliphatic heterocycles. The van der Waals surface area contributed by atoms with Gasteiger partial charge >= 0.3 is 5.97 Å². The van der Waals surface area contributed by atoms with Crippen LogP contribution in [0.3, 0.4) is 0 Å². The van der Waals surface area contributed by atoms with Gasteiger partial charge in [-0.2, -0.15) is 0 Å². The maximum atomic E-state index is 11.9. The molecular formula is C15H11BrN2O4. The number of rotatable bonds is 3. The predicted molar refractivity (Wildman–Crippen MR) is 81.7 cm³/mol.